The van der Waals surface area contributed by atoms with Crippen molar-refractivity contribution in [2.45, 2.75) is 32.2 Å². The molecule has 2 heterocycles. The quantitative estimate of drug-likeness (QED) is 0.166. The highest BCUT2D eigenvalue weighted by Gasteiger charge is 2.48. The van der Waals surface area contributed by atoms with Crippen molar-refractivity contribution in [1.29, 1.82) is 0 Å². The molecule has 0 spiro atoms. The summed E-state index contributed by atoms with van der Waals surface area (Å²) in [6.45, 7) is 6.09. The highest BCUT2D eigenvalue weighted by molar-refractivity contribution is 6.51. The zero-order valence-electron chi connectivity index (χ0n) is 22.2. The summed E-state index contributed by atoms with van der Waals surface area (Å²) in [6.07, 6.45) is 1.47. The van der Waals surface area contributed by atoms with Crippen molar-refractivity contribution in [2.24, 2.45) is 0 Å². The molecule has 7 heteroatoms. The summed E-state index contributed by atoms with van der Waals surface area (Å²) in [5, 5.41) is 11.5. The molecule has 1 amide bonds. The third kappa shape index (κ3) is 4.91. The minimum Gasteiger partial charge on any atom is -0.507 e. The van der Waals surface area contributed by atoms with Gasteiger partial charge in [0.2, 0.25) is 0 Å². The predicted molar refractivity (Wildman–Crippen MR) is 148 cm³/mol. The van der Waals surface area contributed by atoms with Crippen LogP contribution in [-0.4, -0.2) is 23.9 Å². The Morgan fingerprint density at radius 2 is 1.59 bits per heavy atom. The molecule has 5 rings (SSSR count). The van der Waals surface area contributed by atoms with Gasteiger partial charge in [-0.25, -0.2) is 0 Å². The van der Waals surface area contributed by atoms with Gasteiger partial charge in [0.25, 0.3) is 11.7 Å². The summed E-state index contributed by atoms with van der Waals surface area (Å²) in [7, 11) is 1.59. The van der Waals surface area contributed by atoms with E-state index in [-0.39, 0.29) is 16.7 Å². The molecule has 1 saturated heterocycles. The van der Waals surface area contributed by atoms with Gasteiger partial charge in [-0.3, -0.25) is 14.5 Å². The van der Waals surface area contributed by atoms with Gasteiger partial charge < -0.3 is 19.0 Å². The lowest BCUT2D eigenvalue weighted by Crippen LogP contribution is -2.29. The number of benzene rings is 3. The average molecular weight is 524 g/mol. The van der Waals surface area contributed by atoms with E-state index in [9.17, 15) is 14.7 Å². The highest BCUT2D eigenvalue weighted by Crippen LogP contribution is 2.43. The van der Waals surface area contributed by atoms with Gasteiger partial charge in [0.05, 0.1) is 18.9 Å². The largest absolute Gasteiger partial charge is 0.507 e. The second-order valence-corrected chi connectivity index (χ2v) is 10.3. The average Bonchev–Trinajstić information content (AvgIpc) is 3.55. The molecule has 1 aliphatic heterocycles. The number of ketones is 1. The number of amides is 1. The highest BCUT2D eigenvalue weighted by atomic mass is 16.5. The van der Waals surface area contributed by atoms with Crippen LogP contribution in [-0.2, 0) is 15.0 Å². The summed E-state index contributed by atoms with van der Waals surface area (Å²) in [4.78, 5) is 28.2. The zero-order valence-corrected chi connectivity index (χ0v) is 22.2. The number of ether oxygens (including phenoxy) is 2. The number of hydrogen-bond donors (Lipinski definition) is 1. The smallest absolute Gasteiger partial charge is 0.300 e. The lowest BCUT2D eigenvalue weighted by Gasteiger charge is -2.24. The van der Waals surface area contributed by atoms with E-state index in [2.05, 4.69) is 0 Å². The number of carbonyl (C=O) groups is 2. The molecule has 1 atom stereocenters. The van der Waals surface area contributed by atoms with Crippen LogP contribution in [0.2, 0.25) is 0 Å². The molecule has 39 heavy (non-hydrogen) atoms. The maximum absolute atomic E-state index is 13.4. The van der Waals surface area contributed by atoms with Crippen LogP contribution in [0.5, 0.6) is 17.2 Å². The number of para-hydroxylation sites is 1. The van der Waals surface area contributed by atoms with E-state index in [1.807, 2.05) is 51.1 Å². The van der Waals surface area contributed by atoms with Crippen LogP contribution in [0, 0.1) is 0 Å². The molecular formula is C32H29NO6. The van der Waals surface area contributed by atoms with Crippen molar-refractivity contribution in [1.82, 2.24) is 0 Å². The van der Waals surface area contributed by atoms with Crippen molar-refractivity contribution in [2.75, 3.05) is 12.0 Å². The molecule has 7 nitrogen and oxygen atoms in total. The Morgan fingerprint density at radius 3 is 2.21 bits per heavy atom. The number of furan rings is 1. The Hall–Kier alpha value is -4.78. The van der Waals surface area contributed by atoms with E-state index >= 15 is 0 Å². The van der Waals surface area contributed by atoms with E-state index in [0.29, 0.717) is 34.3 Å². The summed E-state index contributed by atoms with van der Waals surface area (Å²) >= 11 is 0. The van der Waals surface area contributed by atoms with Gasteiger partial charge in [0.15, 0.2) is 0 Å². The van der Waals surface area contributed by atoms with Gasteiger partial charge in [0, 0.05) is 16.8 Å². The first-order chi connectivity index (χ1) is 18.7. The first-order valence-electron chi connectivity index (χ1n) is 12.6. The molecule has 198 valence electrons. The van der Waals surface area contributed by atoms with E-state index in [1.54, 1.807) is 61.7 Å². The number of methoxy groups -OCH3 is 1. The Kier molecular flexibility index (Phi) is 6.74. The Balaban J connectivity index is 1.58. The normalized spacial score (nSPS) is 16.9. The van der Waals surface area contributed by atoms with Crippen molar-refractivity contribution >= 4 is 23.1 Å². The summed E-state index contributed by atoms with van der Waals surface area (Å²) in [5.41, 5.74) is 1.37. The monoisotopic (exact) mass is 523 g/mol. The molecule has 1 unspecified atom stereocenters. The maximum atomic E-state index is 13.4. The number of hydrogen-bond acceptors (Lipinski definition) is 6. The lowest BCUT2D eigenvalue weighted by molar-refractivity contribution is -0.132. The van der Waals surface area contributed by atoms with Crippen LogP contribution in [0.15, 0.2) is 101 Å². The number of anilines is 1. The minimum absolute atomic E-state index is 0.0513. The van der Waals surface area contributed by atoms with Gasteiger partial charge in [-0.05, 0) is 72.1 Å². The van der Waals surface area contributed by atoms with Crippen LogP contribution >= 0.6 is 0 Å². The van der Waals surface area contributed by atoms with Gasteiger partial charge in [-0.1, -0.05) is 39.0 Å². The fraction of sp³-hybridized carbons (Fsp3) is 0.188. The van der Waals surface area contributed by atoms with Gasteiger partial charge in [0.1, 0.15) is 34.8 Å². The van der Waals surface area contributed by atoms with E-state index < -0.39 is 17.7 Å². The molecule has 1 aromatic heterocycles. The topological polar surface area (TPSA) is 89.2 Å². The predicted octanol–water partition coefficient (Wildman–Crippen LogP) is 7.00. The Bertz CT molecular complexity index is 1530. The number of rotatable bonds is 6. The van der Waals surface area contributed by atoms with Gasteiger partial charge in [-0.2, -0.15) is 0 Å². The van der Waals surface area contributed by atoms with Crippen LogP contribution in [0.25, 0.3) is 5.76 Å². The maximum Gasteiger partial charge on any atom is 0.300 e. The molecule has 4 aromatic rings. The number of nitrogens with zero attached hydrogens (tertiary/aromatic N) is 1. The van der Waals surface area contributed by atoms with E-state index in [1.165, 1.54) is 11.2 Å². The van der Waals surface area contributed by atoms with Crippen LogP contribution in [0.4, 0.5) is 5.69 Å². The number of Topliss-reactive ketones (excluding diaryl/α,β-unsaturated/α-hetero) is 1. The Labute approximate surface area is 226 Å². The van der Waals surface area contributed by atoms with Crippen molar-refractivity contribution in [3.05, 3.63) is 114 Å². The minimum atomic E-state index is -0.957. The SMILES string of the molecule is COc1ccc(/C(O)=C2/C(=O)C(=O)N(c3ccc(Oc4ccccc4)cc3)C2c2ccco2)cc1C(C)(C)C. The van der Waals surface area contributed by atoms with Crippen LogP contribution in [0.3, 0.4) is 0 Å². The molecule has 3 aromatic carbocycles. The first kappa shape index (κ1) is 25.9. The molecule has 0 bridgehead atoms. The fourth-order valence-corrected chi connectivity index (χ4v) is 4.71. The van der Waals surface area contributed by atoms with Crippen molar-refractivity contribution in [3.8, 4) is 17.2 Å². The van der Waals surface area contributed by atoms with Gasteiger partial charge >= 0.3 is 0 Å². The Morgan fingerprint density at radius 1 is 0.897 bits per heavy atom. The fourth-order valence-electron chi connectivity index (χ4n) is 4.71. The number of aliphatic hydroxyl groups is 1. The van der Waals surface area contributed by atoms with E-state index in [0.717, 1.165) is 5.56 Å². The summed E-state index contributed by atoms with van der Waals surface area (Å²) in [6, 6.07) is 23.8. The van der Waals surface area contributed by atoms with Gasteiger partial charge in [-0.15, -0.1) is 0 Å². The summed E-state index contributed by atoms with van der Waals surface area (Å²) < 4.78 is 17.1. The molecule has 1 aliphatic rings. The molecule has 0 aliphatic carbocycles. The summed E-state index contributed by atoms with van der Waals surface area (Å²) in [5.74, 6) is 0.421. The van der Waals surface area contributed by atoms with Crippen molar-refractivity contribution < 1.29 is 28.6 Å². The van der Waals surface area contributed by atoms with Crippen LogP contribution < -0.4 is 14.4 Å². The molecule has 0 radical (unpaired) electrons. The number of carbonyl (C=O) groups excluding carboxylic acids is 2. The van der Waals surface area contributed by atoms with Crippen molar-refractivity contribution in [3.63, 3.8) is 0 Å². The molecule has 1 N–H and O–H groups in total. The third-order valence-corrected chi connectivity index (χ3v) is 6.63. The molecule has 1 fully saturated rings. The molecular weight excluding hydrogens is 494 g/mol. The molecule has 0 saturated carbocycles. The second-order valence-electron chi connectivity index (χ2n) is 10.3. The third-order valence-electron chi connectivity index (χ3n) is 6.63. The zero-order chi connectivity index (χ0) is 27.7. The number of aliphatic hydroxyl groups excluding tert-OH is 1. The second kappa shape index (κ2) is 10.2. The lowest BCUT2D eigenvalue weighted by atomic mass is 9.84. The van der Waals surface area contributed by atoms with E-state index in [4.69, 9.17) is 13.9 Å². The van der Waals surface area contributed by atoms with Crippen LogP contribution in [0.1, 0.15) is 43.7 Å². The first-order valence-corrected chi connectivity index (χ1v) is 12.6. The standard InChI is InChI=1S/C32H29NO6/c1-32(2,3)24-19-20(12-17-25(24)37-4)29(34)27-28(26-11-8-18-38-26)33(31(36)30(27)35)21-13-15-23(16-14-21)39-22-9-6-5-7-10-22/h5-19,28,34H,1-4H3/b29-27-.